The van der Waals surface area contributed by atoms with Crippen LogP contribution in [0.4, 0.5) is 5.69 Å². The van der Waals surface area contributed by atoms with Crippen LogP contribution in [0.15, 0.2) is 16.6 Å². The Kier molecular flexibility index (Phi) is 2.87. The van der Waals surface area contributed by atoms with Gasteiger partial charge in [-0.3, -0.25) is 10.1 Å². The molecule has 0 aliphatic heterocycles. The van der Waals surface area contributed by atoms with Crippen LogP contribution in [-0.4, -0.2) is 12.0 Å². The van der Waals surface area contributed by atoms with E-state index in [2.05, 4.69) is 15.9 Å². The second-order valence-electron chi connectivity index (χ2n) is 2.51. The highest BCUT2D eigenvalue weighted by atomic mass is 79.9. The van der Waals surface area contributed by atoms with E-state index in [1.807, 2.05) is 6.92 Å². The van der Waals surface area contributed by atoms with E-state index in [0.29, 0.717) is 4.47 Å². The Morgan fingerprint density at radius 2 is 2.15 bits per heavy atom. The van der Waals surface area contributed by atoms with E-state index in [4.69, 9.17) is 4.74 Å². The largest absolute Gasteiger partial charge is 0.489 e. The quantitative estimate of drug-likeness (QED) is 0.595. The topological polar surface area (TPSA) is 52.4 Å². The van der Waals surface area contributed by atoms with Gasteiger partial charge in [0.1, 0.15) is 0 Å². The van der Waals surface area contributed by atoms with Gasteiger partial charge in [-0.05, 0) is 28.4 Å². The second kappa shape index (κ2) is 3.74. The average molecular weight is 246 g/mol. The monoisotopic (exact) mass is 245 g/mol. The molecule has 1 aromatic carbocycles. The molecule has 13 heavy (non-hydrogen) atoms. The van der Waals surface area contributed by atoms with Crippen LogP contribution < -0.4 is 4.74 Å². The Balaban J connectivity index is 3.38. The number of benzene rings is 1. The van der Waals surface area contributed by atoms with Crippen molar-refractivity contribution in [3.8, 4) is 5.75 Å². The van der Waals surface area contributed by atoms with Crippen LogP contribution >= 0.6 is 15.9 Å². The Morgan fingerprint density at radius 1 is 1.54 bits per heavy atom. The van der Waals surface area contributed by atoms with E-state index in [9.17, 15) is 10.1 Å². The first-order valence-electron chi connectivity index (χ1n) is 3.55. The van der Waals surface area contributed by atoms with Crippen LogP contribution in [0.2, 0.25) is 0 Å². The van der Waals surface area contributed by atoms with Crippen LogP contribution in [0.1, 0.15) is 5.56 Å². The number of ether oxygens (including phenoxy) is 1. The fourth-order valence-electron chi connectivity index (χ4n) is 0.982. The minimum atomic E-state index is -0.469. The number of hydrogen-bond donors (Lipinski definition) is 0. The van der Waals surface area contributed by atoms with Gasteiger partial charge in [0.05, 0.1) is 16.5 Å². The van der Waals surface area contributed by atoms with Crippen LogP contribution in [0.5, 0.6) is 5.75 Å². The molecule has 0 bridgehead atoms. The maximum Gasteiger partial charge on any atom is 0.312 e. The zero-order valence-corrected chi connectivity index (χ0v) is 8.79. The molecule has 0 spiro atoms. The van der Waals surface area contributed by atoms with E-state index < -0.39 is 4.92 Å². The number of rotatable bonds is 2. The molecule has 0 fully saturated rings. The lowest BCUT2D eigenvalue weighted by atomic mass is 10.2. The fraction of sp³-hybridized carbons (Fsp3) is 0.250. The molecule has 0 N–H and O–H groups in total. The lowest BCUT2D eigenvalue weighted by molar-refractivity contribution is -0.385. The highest BCUT2D eigenvalue weighted by Crippen LogP contribution is 2.36. The van der Waals surface area contributed by atoms with Crippen molar-refractivity contribution in [2.75, 3.05) is 7.11 Å². The summed E-state index contributed by atoms with van der Waals surface area (Å²) in [5.74, 6) is 0.269. The van der Waals surface area contributed by atoms with Crippen molar-refractivity contribution >= 4 is 21.6 Å². The number of aryl methyl sites for hydroxylation is 1. The normalized spacial score (nSPS) is 9.77. The molecule has 0 saturated heterocycles. The summed E-state index contributed by atoms with van der Waals surface area (Å²) >= 11 is 3.23. The van der Waals surface area contributed by atoms with Crippen molar-refractivity contribution in [3.63, 3.8) is 0 Å². The van der Waals surface area contributed by atoms with Gasteiger partial charge in [0.2, 0.25) is 5.75 Å². The third kappa shape index (κ3) is 1.80. The maximum atomic E-state index is 10.5. The van der Waals surface area contributed by atoms with Gasteiger partial charge in [0.25, 0.3) is 0 Å². The lowest BCUT2D eigenvalue weighted by Gasteiger charge is -2.05. The summed E-state index contributed by atoms with van der Waals surface area (Å²) in [6, 6.07) is 3.10. The van der Waals surface area contributed by atoms with Crippen molar-refractivity contribution in [1.29, 1.82) is 0 Å². The SMILES string of the molecule is COc1c([N+](=O)[O-])ccc(C)c1Br. The fourth-order valence-corrected chi connectivity index (χ4v) is 1.48. The minimum absolute atomic E-state index is 0.0278. The minimum Gasteiger partial charge on any atom is -0.489 e. The van der Waals surface area contributed by atoms with E-state index in [1.54, 1.807) is 6.07 Å². The molecule has 0 aromatic heterocycles. The molecule has 1 aromatic rings. The van der Waals surface area contributed by atoms with Gasteiger partial charge in [-0.2, -0.15) is 0 Å². The summed E-state index contributed by atoms with van der Waals surface area (Å²) in [6.45, 7) is 1.84. The van der Waals surface area contributed by atoms with Gasteiger partial charge in [0, 0.05) is 6.07 Å². The molecule has 0 amide bonds. The van der Waals surface area contributed by atoms with Crippen molar-refractivity contribution in [3.05, 3.63) is 32.3 Å². The Morgan fingerprint density at radius 3 is 2.62 bits per heavy atom. The zero-order chi connectivity index (χ0) is 10.0. The summed E-state index contributed by atoms with van der Waals surface area (Å²) in [7, 11) is 1.41. The predicted octanol–water partition coefficient (Wildman–Crippen LogP) is 2.67. The van der Waals surface area contributed by atoms with Crippen molar-refractivity contribution in [1.82, 2.24) is 0 Å². The van der Waals surface area contributed by atoms with Gasteiger partial charge in [-0.25, -0.2) is 0 Å². The van der Waals surface area contributed by atoms with E-state index in [0.717, 1.165) is 5.56 Å². The molecule has 0 heterocycles. The molecular weight excluding hydrogens is 238 g/mol. The van der Waals surface area contributed by atoms with Crippen LogP contribution in [0.25, 0.3) is 0 Å². The van der Waals surface area contributed by atoms with E-state index in [-0.39, 0.29) is 11.4 Å². The summed E-state index contributed by atoms with van der Waals surface area (Å²) in [4.78, 5) is 10.1. The Hall–Kier alpha value is -1.10. The summed E-state index contributed by atoms with van der Waals surface area (Å²) in [5, 5.41) is 10.5. The van der Waals surface area contributed by atoms with Gasteiger partial charge >= 0.3 is 5.69 Å². The molecule has 0 atom stereocenters. The molecule has 0 saturated carbocycles. The summed E-state index contributed by atoms with van der Waals surface area (Å²) in [6.07, 6.45) is 0. The first-order chi connectivity index (χ1) is 6.07. The molecule has 0 unspecified atom stereocenters. The first kappa shape index (κ1) is 9.98. The lowest BCUT2D eigenvalue weighted by Crippen LogP contribution is -1.95. The Labute approximate surface area is 83.8 Å². The average Bonchev–Trinajstić information content (AvgIpc) is 2.09. The standard InChI is InChI=1S/C8H8BrNO3/c1-5-3-4-6(10(11)12)8(13-2)7(5)9/h3-4H,1-2H3. The number of hydrogen-bond acceptors (Lipinski definition) is 3. The molecule has 4 nitrogen and oxygen atoms in total. The highest BCUT2D eigenvalue weighted by molar-refractivity contribution is 9.10. The van der Waals surface area contributed by atoms with Crippen molar-refractivity contribution in [2.45, 2.75) is 6.92 Å². The van der Waals surface area contributed by atoms with Crippen molar-refractivity contribution < 1.29 is 9.66 Å². The second-order valence-corrected chi connectivity index (χ2v) is 3.30. The molecule has 70 valence electrons. The summed E-state index contributed by atoms with van der Waals surface area (Å²) < 4.78 is 5.56. The molecule has 0 aliphatic carbocycles. The number of nitro groups is 1. The van der Waals surface area contributed by atoms with Crippen LogP contribution in [-0.2, 0) is 0 Å². The molecule has 0 aliphatic rings. The van der Waals surface area contributed by atoms with Gasteiger partial charge in [0.15, 0.2) is 0 Å². The van der Waals surface area contributed by atoms with Gasteiger partial charge in [-0.15, -0.1) is 0 Å². The molecule has 5 heteroatoms. The number of nitrogens with zero attached hydrogens (tertiary/aromatic N) is 1. The first-order valence-corrected chi connectivity index (χ1v) is 4.34. The molecular formula is C8H8BrNO3. The van der Waals surface area contributed by atoms with Crippen molar-refractivity contribution in [2.24, 2.45) is 0 Å². The van der Waals surface area contributed by atoms with Gasteiger partial charge < -0.3 is 4.74 Å². The number of methoxy groups -OCH3 is 1. The van der Waals surface area contributed by atoms with E-state index in [1.165, 1.54) is 13.2 Å². The molecule has 0 radical (unpaired) electrons. The molecule has 1 rings (SSSR count). The summed E-state index contributed by atoms with van der Waals surface area (Å²) in [5.41, 5.74) is 0.877. The van der Waals surface area contributed by atoms with E-state index >= 15 is 0 Å². The van der Waals surface area contributed by atoms with Gasteiger partial charge in [-0.1, -0.05) is 6.07 Å². The van der Waals surface area contributed by atoms with Crippen LogP contribution in [0.3, 0.4) is 0 Å². The predicted molar refractivity (Wildman–Crippen MR) is 52.1 cm³/mol. The smallest absolute Gasteiger partial charge is 0.312 e. The Bertz CT molecular complexity index is 351. The highest BCUT2D eigenvalue weighted by Gasteiger charge is 2.18. The number of halogens is 1. The zero-order valence-electron chi connectivity index (χ0n) is 7.20. The third-order valence-corrected chi connectivity index (χ3v) is 2.66. The number of nitro benzene ring substituents is 1. The third-order valence-electron chi connectivity index (χ3n) is 1.67. The van der Waals surface area contributed by atoms with Crippen LogP contribution in [0, 0.1) is 17.0 Å². The maximum absolute atomic E-state index is 10.5.